The summed E-state index contributed by atoms with van der Waals surface area (Å²) in [5.41, 5.74) is 3.89. The van der Waals surface area contributed by atoms with Crippen molar-refractivity contribution in [2.24, 2.45) is 0 Å². The van der Waals surface area contributed by atoms with Gasteiger partial charge in [-0.1, -0.05) is 18.2 Å². The lowest BCUT2D eigenvalue weighted by Crippen LogP contribution is -2.36. The fraction of sp³-hybridized carbons (Fsp3) is 0.312. The van der Waals surface area contributed by atoms with Gasteiger partial charge in [-0.05, 0) is 60.2 Å². The molecule has 0 fully saturated rings. The summed E-state index contributed by atoms with van der Waals surface area (Å²) in [5, 5.41) is 5.43. The molecule has 41 heavy (non-hydrogen) atoms. The van der Waals surface area contributed by atoms with Gasteiger partial charge in [0.15, 0.2) is 17.3 Å². The second-order valence-corrected chi connectivity index (χ2v) is 10.9. The molecule has 0 amide bonds. The van der Waals surface area contributed by atoms with Crippen LogP contribution in [0.4, 0.5) is 0 Å². The molecule has 2 aromatic carbocycles. The number of Topliss-reactive ketones (excluding diaryl/α,β-unsaturated/α-hetero) is 1. The maximum absolute atomic E-state index is 13.9. The van der Waals surface area contributed by atoms with Crippen molar-refractivity contribution in [1.82, 2.24) is 5.32 Å². The molecule has 1 aliphatic carbocycles. The first-order chi connectivity index (χ1) is 19.9. The number of ketones is 1. The Labute approximate surface area is 243 Å². The van der Waals surface area contributed by atoms with E-state index < -0.39 is 11.9 Å². The van der Waals surface area contributed by atoms with E-state index in [1.807, 2.05) is 42.6 Å². The first kappa shape index (κ1) is 28.3. The SMILES string of the molecule is COc1ccc(COC(=O)C2=C(C)NC3=C(C(=O)C[C@@H](c4cccs4)C3)[C@H]2c2cc(OC)c(OC)c(OC)c2)cc1. The first-order valence-corrected chi connectivity index (χ1v) is 14.1. The summed E-state index contributed by atoms with van der Waals surface area (Å²) >= 11 is 1.65. The molecule has 214 valence electrons. The third-order valence-corrected chi connectivity index (χ3v) is 8.58. The molecule has 1 aliphatic heterocycles. The van der Waals surface area contributed by atoms with Crippen molar-refractivity contribution in [3.63, 3.8) is 0 Å². The zero-order valence-electron chi connectivity index (χ0n) is 23.7. The number of ether oxygens (including phenoxy) is 5. The number of nitrogens with one attached hydrogen (secondary N) is 1. The van der Waals surface area contributed by atoms with E-state index in [0.29, 0.717) is 58.2 Å². The largest absolute Gasteiger partial charge is 0.497 e. The predicted molar refractivity (Wildman–Crippen MR) is 156 cm³/mol. The minimum atomic E-state index is -0.680. The van der Waals surface area contributed by atoms with Crippen molar-refractivity contribution in [3.8, 4) is 23.0 Å². The highest BCUT2D eigenvalue weighted by molar-refractivity contribution is 7.10. The Kier molecular flexibility index (Phi) is 8.35. The van der Waals surface area contributed by atoms with Gasteiger partial charge in [-0.2, -0.15) is 0 Å². The lowest BCUT2D eigenvalue weighted by Gasteiger charge is -2.36. The van der Waals surface area contributed by atoms with Crippen molar-refractivity contribution >= 4 is 23.1 Å². The smallest absolute Gasteiger partial charge is 0.337 e. The van der Waals surface area contributed by atoms with E-state index in [0.717, 1.165) is 11.3 Å². The minimum Gasteiger partial charge on any atom is -0.497 e. The Morgan fingerprint density at radius 3 is 2.24 bits per heavy atom. The predicted octanol–water partition coefficient (Wildman–Crippen LogP) is 5.89. The van der Waals surface area contributed by atoms with Gasteiger partial charge in [0.1, 0.15) is 12.4 Å². The van der Waals surface area contributed by atoms with Crippen LogP contribution < -0.4 is 24.3 Å². The summed E-state index contributed by atoms with van der Waals surface area (Å²) in [4.78, 5) is 28.9. The van der Waals surface area contributed by atoms with E-state index in [1.54, 1.807) is 30.6 Å². The standard InChI is InChI=1S/C32H33NO7S/c1-18-28(32(35)40-17-19-8-10-22(36-2)11-9-19)29(21-15-25(37-3)31(39-5)26(16-21)38-4)30-23(33-18)13-20(14-24(30)34)27-7-6-12-41-27/h6-12,15-16,20,29,33H,13-14,17H2,1-5H3/t20-,29-/m0/s1. The van der Waals surface area contributed by atoms with E-state index in [2.05, 4.69) is 11.4 Å². The number of dihydropyridines is 1. The van der Waals surface area contributed by atoms with Gasteiger partial charge in [-0.15, -0.1) is 11.3 Å². The molecule has 3 aromatic rings. The molecule has 0 saturated carbocycles. The van der Waals surface area contributed by atoms with Crippen LogP contribution in [0.2, 0.25) is 0 Å². The number of hydrogen-bond acceptors (Lipinski definition) is 9. The fourth-order valence-electron chi connectivity index (χ4n) is 5.58. The van der Waals surface area contributed by atoms with Gasteiger partial charge in [0.2, 0.25) is 5.75 Å². The van der Waals surface area contributed by atoms with Gasteiger partial charge >= 0.3 is 5.97 Å². The lowest BCUT2D eigenvalue weighted by atomic mass is 9.72. The van der Waals surface area contributed by atoms with Crippen molar-refractivity contribution in [2.45, 2.75) is 38.2 Å². The van der Waals surface area contributed by atoms with Crippen LogP contribution in [-0.2, 0) is 20.9 Å². The van der Waals surface area contributed by atoms with Crippen LogP contribution in [0, 0.1) is 0 Å². The highest BCUT2D eigenvalue weighted by Crippen LogP contribution is 2.49. The molecular formula is C32H33NO7S. The quantitative estimate of drug-likeness (QED) is 0.316. The van der Waals surface area contributed by atoms with Crippen molar-refractivity contribution < 1.29 is 33.3 Å². The third-order valence-electron chi connectivity index (χ3n) is 7.54. The number of rotatable bonds is 9. The van der Waals surface area contributed by atoms with Gasteiger partial charge in [0.05, 0.1) is 34.0 Å². The summed E-state index contributed by atoms with van der Waals surface area (Å²) in [7, 11) is 6.21. The van der Waals surface area contributed by atoms with Gasteiger partial charge in [0, 0.05) is 40.1 Å². The normalized spacial score (nSPS) is 18.4. The summed E-state index contributed by atoms with van der Waals surface area (Å²) in [6.07, 6.45) is 1.02. The van der Waals surface area contributed by atoms with Crippen LogP contribution in [0.15, 0.2) is 76.5 Å². The maximum atomic E-state index is 13.9. The second kappa shape index (κ2) is 12.1. The number of carbonyl (C=O) groups excluding carboxylic acids is 2. The number of esters is 1. The Bertz CT molecular complexity index is 1480. The number of carbonyl (C=O) groups is 2. The minimum absolute atomic E-state index is 0.0103. The molecule has 2 aliphatic rings. The molecule has 0 unspecified atom stereocenters. The topological polar surface area (TPSA) is 92.3 Å². The van der Waals surface area contributed by atoms with Crippen molar-refractivity contribution in [2.75, 3.05) is 28.4 Å². The molecule has 1 N–H and O–H groups in total. The summed E-state index contributed by atoms with van der Waals surface area (Å²) in [6, 6.07) is 15.0. The lowest BCUT2D eigenvalue weighted by molar-refractivity contribution is -0.140. The Morgan fingerprint density at radius 1 is 0.951 bits per heavy atom. The zero-order chi connectivity index (χ0) is 29.1. The van der Waals surface area contributed by atoms with Crippen LogP contribution in [0.3, 0.4) is 0 Å². The molecule has 0 bridgehead atoms. The molecule has 0 radical (unpaired) electrons. The molecule has 0 saturated heterocycles. The van der Waals surface area contributed by atoms with Crippen LogP contribution in [0.5, 0.6) is 23.0 Å². The average Bonchev–Trinajstić information content (AvgIpc) is 3.54. The molecule has 2 atom stereocenters. The third kappa shape index (κ3) is 5.54. The number of benzene rings is 2. The highest BCUT2D eigenvalue weighted by atomic mass is 32.1. The van der Waals surface area contributed by atoms with Crippen LogP contribution in [0.25, 0.3) is 0 Å². The van der Waals surface area contributed by atoms with Gasteiger partial charge in [-0.25, -0.2) is 4.79 Å². The molecule has 0 spiro atoms. The summed E-state index contributed by atoms with van der Waals surface area (Å²) < 4.78 is 27.8. The van der Waals surface area contributed by atoms with Crippen molar-refractivity contribution in [3.05, 3.63) is 92.5 Å². The van der Waals surface area contributed by atoms with Gasteiger partial charge in [-0.3, -0.25) is 4.79 Å². The average molecular weight is 576 g/mol. The van der Waals surface area contributed by atoms with Crippen LogP contribution in [-0.4, -0.2) is 40.2 Å². The molecular weight excluding hydrogens is 542 g/mol. The van der Waals surface area contributed by atoms with Crippen LogP contribution in [0.1, 0.15) is 47.6 Å². The fourth-order valence-corrected chi connectivity index (χ4v) is 6.41. The number of allylic oxidation sites excluding steroid dienone is 3. The zero-order valence-corrected chi connectivity index (χ0v) is 24.6. The Hall–Kier alpha value is -4.24. The molecule has 8 nitrogen and oxygen atoms in total. The van der Waals surface area contributed by atoms with Crippen molar-refractivity contribution in [1.29, 1.82) is 0 Å². The summed E-state index contributed by atoms with van der Waals surface area (Å²) in [6.45, 7) is 1.92. The second-order valence-electron chi connectivity index (χ2n) is 9.92. The van der Waals surface area contributed by atoms with Crippen LogP contribution >= 0.6 is 11.3 Å². The molecule has 1 aromatic heterocycles. The van der Waals surface area contributed by atoms with E-state index in [-0.39, 0.29) is 18.3 Å². The molecule has 5 rings (SSSR count). The number of thiophene rings is 1. The number of hydrogen-bond donors (Lipinski definition) is 1. The van der Waals surface area contributed by atoms with E-state index in [9.17, 15) is 9.59 Å². The number of methoxy groups -OCH3 is 4. The van der Waals surface area contributed by atoms with E-state index >= 15 is 0 Å². The van der Waals surface area contributed by atoms with Gasteiger partial charge in [0.25, 0.3) is 0 Å². The highest BCUT2D eigenvalue weighted by Gasteiger charge is 2.42. The van der Waals surface area contributed by atoms with E-state index in [4.69, 9.17) is 23.7 Å². The van der Waals surface area contributed by atoms with Gasteiger partial charge < -0.3 is 29.0 Å². The first-order valence-electron chi connectivity index (χ1n) is 13.3. The molecule has 9 heteroatoms. The maximum Gasteiger partial charge on any atom is 0.337 e. The Morgan fingerprint density at radius 2 is 1.66 bits per heavy atom. The van der Waals surface area contributed by atoms with E-state index in [1.165, 1.54) is 26.2 Å². The Balaban J connectivity index is 1.56. The monoisotopic (exact) mass is 575 g/mol. The molecule has 2 heterocycles. The summed E-state index contributed by atoms with van der Waals surface area (Å²) in [5.74, 6) is 0.892.